The van der Waals surface area contributed by atoms with Gasteiger partial charge in [-0.15, -0.1) is 0 Å². The fourth-order valence-electron chi connectivity index (χ4n) is 4.85. The monoisotopic (exact) mass is 399 g/mol. The van der Waals surface area contributed by atoms with E-state index in [1.54, 1.807) is 4.90 Å². The predicted octanol–water partition coefficient (Wildman–Crippen LogP) is 1.96. The number of hydrogen-bond acceptors (Lipinski definition) is 5. The molecule has 3 saturated heterocycles. The molecular formula is C22H33N5O2. The zero-order valence-corrected chi connectivity index (χ0v) is 17.9. The highest BCUT2D eigenvalue weighted by Crippen LogP contribution is 2.32. The number of likely N-dealkylation sites (N-methyl/N-ethyl adjacent to an activating group) is 1. The van der Waals surface area contributed by atoms with Gasteiger partial charge in [-0.25, -0.2) is 4.79 Å². The number of rotatable bonds is 5. The molecule has 1 aromatic rings. The molecule has 3 fully saturated rings. The van der Waals surface area contributed by atoms with E-state index < -0.39 is 0 Å². The molecule has 3 amide bonds. The van der Waals surface area contributed by atoms with Crippen molar-refractivity contribution in [2.24, 2.45) is 11.8 Å². The molecule has 7 heteroatoms. The Morgan fingerprint density at radius 1 is 1.14 bits per heavy atom. The third-order valence-corrected chi connectivity index (χ3v) is 6.33. The van der Waals surface area contributed by atoms with Crippen molar-refractivity contribution in [1.82, 2.24) is 24.9 Å². The molecule has 4 unspecified atom stereocenters. The number of carbonyl (C=O) groups is 2. The summed E-state index contributed by atoms with van der Waals surface area (Å²) in [6.45, 7) is 9.60. The van der Waals surface area contributed by atoms with Gasteiger partial charge in [0.15, 0.2) is 0 Å². The van der Waals surface area contributed by atoms with Gasteiger partial charge in [0.1, 0.15) is 18.5 Å². The van der Waals surface area contributed by atoms with Gasteiger partial charge < -0.3 is 4.90 Å². The number of hydrogen-bond donors (Lipinski definition) is 1. The highest BCUT2D eigenvalue weighted by molar-refractivity contribution is 6.00. The maximum Gasteiger partial charge on any atom is 0.327 e. The van der Waals surface area contributed by atoms with Gasteiger partial charge in [-0.05, 0) is 23.8 Å². The molecule has 0 bridgehead atoms. The minimum absolute atomic E-state index is 0.0364. The Morgan fingerprint density at radius 2 is 1.86 bits per heavy atom. The molecular weight excluding hydrogens is 366 g/mol. The van der Waals surface area contributed by atoms with Gasteiger partial charge >= 0.3 is 6.03 Å². The van der Waals surface area contributed by atoms with Crippen LogP contribution in [0.15, 0.2) is 30.3 Å². The van der Waals surface area contributed by atoms with E-state index in [0.717, 1.165) is 26.1 Å². The van der Waals surface area contributed by atoms with Crippen molar-refractivity contribution in [2.75, 3.05) is 26.7 Å². The van der Waals surface area contributed by atoms with Gasteiger partial charge in [0.25, 0.3) is 5.91 Å². The number of nitrogens with one attached hydrogen (secondary N) is 1. The summed E-state index contributed by atoms with van der Waals surface area (Å²) in [6, 6.07) is 9.92. The Balaban J connectivity index is 1.57. The van der Waals surface area contributed by atoms with Crippen LogP contribution in [-0.4, -0.2) is 76.7 Å². The molecule has 4 atom stereocenters. The molecule has 3 aliphatic heterocycles. The molecule has 3 aliphatic rings. The van der Waals surface area contributed by atoms with Crippen LogP contribution in [0.4, 0.5) is 4.79 Å². The van der Waals surface area contributed by atoms with E-state index in [1.165, 1.54) is 10.5 Å². The smallest absolute Gasteiger partial charge is 0.310 e. The summed E-state index contributed by atoms with van der Waals surface area (Å²) < 4.78 is 0. The van der Waals surface area contributed by atoms with Crippen LogP contribution in [0.1, 0.15) is 32.8 Å². The Labute approximate surface area is 173 Å². The van der Waals surface area contributed by atoms with E-state index in [0.29, 0.717) is 18.4 Å². The lowest BCUT2D eigenvalue weighted by Gasteiger charge is -2.45. The van der Waals surface area contributed by atoms with Crippen LogP contribution in [0.25, 0.3) is 0 Å². The van der Waals surface area contributed by atoms with Crippen molar-refractivity contribution in [3.63, 3.8) is 0 Å². The van der Waals surface area contributed by atoms with Crippen molar-refractivity contribution in [3.8, 4) is 0 Å². The lowest BCUT2D eigenvalue weighted by molar-refractivity contribution is -0.141. The summed E-state index contributed by atoms with van der Waals surface area (Å²) in [6.07, 6.45) is 0.514. The van der Waals surface area contributed by atoms with Crippen LogP contribution in [0.3, 0.4) is 0 Å². The minimum Gasteiger partial charge on any atom is -0.310 e. The summed E-state index contributed by atoms with van der Waals surface area (Å²) in [7, 11) is 1.81. The topological polar surface area (TPSA) is 59.1 Å². The molecule has 3 heterocycles. The van der Waals surface area contributed by atoms with Crippen LogP contribution < -0.4 is 5.32 Å². The zero-order valence-electron chi connectivity index (χ0n) is 17.9. The van der Waals surface area contributed by atoms with E-state index in [2.05, 4.69) is 60.2 Å². The Kier molecular flexibility index (Phi) is 5.64. The molecule has 0 aliphatic carbocycles. The molecule has 1 N–H and O–H groups in total. The van der Waals surface area contributed by atoms with Gasteiger partial charge in [-0.3, -0.25) is 24.8 Å². The Hall–Kier alpha value is -1.96. The highest BCUT2D eigenvalue weighted by Gasteiger charge is 2.56. The van der Waals surface area contributed by atoms with Crippen molar-refractivity contribution in [1.29, 1.82) is 0 Å². The number of amides is 3. The number of carbonyl (C=O) groups excluding carboxylic acids is 2. The van der Waals surface area contributed by atoms with Crippen molar-refractivity contribution < 1.29 is 9.59 Å². The van der Waals surface area contributed by atoms with Gasteiger partial charge in [0.05, 0.1) is 0 Å². The van der Waals surface area contributed by atoms with Crippen LogP contribution in [-0.2, 0) is 11.3 Å². The third kappa shape index (κ3) is 3.79. The molecule has 0 radical (unpaired) electrons. The average molecular weight is 400 g/mol. The Bertz CT molecular complexity index is 755. The van der Waals surface area contributed by atoms with Gasteiger partial charge in [0, 0.05) is 33.2 Å². The first-order valence-corrected chi connectivity index (χ1v) is 10.7. The number of imide groups is 1. The second-order valence-corrected chi connectivity index (χ2v) is 9.21. The number of fused-ring (bicyclic) bond motifs is 3. The van der Waals surface area contributed by atoms with E-state index in [-0.39, 0.29) is 30.4 Å². The highest BCUT2D eigenvalue weighted by atomic mass is 16.2. The van der Waals surface area contributed by atoms with Crippen molar-refractivity contribution in [2.45, 2.75) is 52.2 Å². The quantitative estimate of drug-likeness (QED) is 0.820. The van der Waals surface area contributed by atoms with Gasteiger partial charge in [-0.1, -0.05) is 51.1 Å². The number of benzene rings is 1. The Morgan fingerprint density at radius 3 is 2.55 bits per heavy atom. The first-order chi connectivity index (χ1) is 13.9. The molecule has 29 heavy (non-hydrogen) atoms. The molecule has 1 aromatic carbocycles. The molecule has 0 saturated carbocycles. The van der Waals surface area contributed by atoms with Crippen LogP contribution in [0.2, 0.25) is 0 Å². The summed E-state index contributed by atoms with van der Waals surface area (Å²) >= 11 is 0. The fraction of sp³-hybridized carbons (Fsp3) is 0.636. The summed E-state index contributed by atoms with van der Waals surface area (Å²) in [5, 5.41) is 3.59. The molecule has 0 spiro atoms. The van der Waals surface area contributed by atoms with E-state index in [4.69, 9.17) is 0 Å². The summed E-state index contributed by atoms with van der Waals surface area (Å²) in [5.74, 6) is 0.849. The molecule has 0 aromatic heterocycles. The van der Waals surface area contributed by atoms with Gasteiger partial charge in [-0.2, -0.15) is 0 Å². The number of nitrogens with zero attached hydrogens (tertiary/aromatic N) is 4. The maximum absolute atomic E-state index is 13.4. The SMILES string of the molecule is CC(C)CCN1C(=O)C2C(NC3N(Cc4ccccc4)CC(C)CN23)N(C)C1=O. The minimum atomic E-state index is -0.323. The lowest BCUT2D eigenvalue weighted by Crippen LogP contribution is -2.66. The van der Waals surface area contributed by atoms with Crippen molar-refractivity contribution in [3.05, 3.63) is 35.9 Å². The second kappa shape index (κ2) is 8.05. The first-order valence-electron chi connectivity index (χ1n) is 10.7. The van der Waals surface area contributed by atoms with E-state index in [1.807, 2.05) is 13.1 Å². The van der Waals surface area contributed by atoms with Gasteiger partial charge in [0.2, 0.25) is 0 Å². The fourth-order valence-corrected chi connectivity index (χ4v) is 4.85. The van der Waals surface area contributed by atoms with E-state index >= 15 is 0 Å². The maximum atomic E-state index is 13.4. The normalized spacial score (nSPS) is 30.8. The van der Waals surface area contributed by atoms with Crippen LogP contribution in [0, 0.1) is 11.8 Å². The largest absolute Gasteiger partial charge is 0.327 e. The first kappa shape index (κ1) is 20.3. The average Bonchev–Trinajstić information content (AvgIpc) is 3.06. The third-order valence-electron chi connectivity index (χ3n) is 6.33. The van der Waals surface area contributed by atoms with Crippen molar-refractivity contribution >= 4 is 11.9 Å². The predicted molar refractivity (Wildman–Crippen MR) is 112 cm³/mol. The lowest BCUT2D eigenvalue weighted by atomic mass is 10.0. The van der Waals surface area contributed by atoms with E-state index in [9.17, 15) is 9.59 Å². The standard InChI is InChI=1S/C22H33N5O2/c1-15(2)10-11-26-20(28)18-19(24(4)22(26)29)23-21-25(12-16(3)13-27(18)21)14-17-8-6-5-7-9-17/h5-9,15-16,18-19,21,23H,10-14H2,1-4H3. The molecule has 158 valence electrons. The number of urea groups is 1. The van der Waals surface area contributed by atoms with Crippen LogP contribution >= 0.6 is 0 Å². The summed E-state index contributed by atoms with van der Waals surface area (Å²) in [4.78, 5) is 34.1. The second-order valence-electron chi connectivity index (χ2n) is 9.21. The zero-order chi connectivity index (χ0) is 20.7. The van der Waals surface area contributed by atoms with Crippen LogP contribution in [0.5, 0.6) is 0 Å². The molecule has 7 nitrogen and oxygen atoms in total. The molecule has 4 rings (SSSR count). The summed E-state index contributed by atoms with van der Waals surface area (Å²) in [5.41, 5.74) is 1.26.